The van der Waals surface area contributed by atoms with Crippen molar-refractivity contribution in [1.82, 2.24) is 5.32 Å². The Labute approximate surface area is 93.7 Å². The van der Waals surface area contributed by atoms with Crippen molar-refractivity contribution in [1.29, 1.82) is 5.26 Å². The lowest BCUT2D eigenvalue weighted by Gasteiger charge is -2.07. The number of benzene rings is 1. The van der Waals surface area contributed by atoms with Gasteiger partial charge in [0.1, 0.15) is 0 Å². The second-order valence-corrected chi connectivity index (χ2v) is 3.48. The standard InChI is InChI=1S/C11H11ClN2O/c1-8-9(4-2-5-10(8)12)11(15)14-7-3-6-13/h2,4-5H,3,7H2,1H3,(H,14,15). The number of carbonyl (C=O) groups is 1. The van der Waals surface area contributed by atoms with Crippen LogP contribution in [-0.2, 0) is 0 Å². The number of hydrogen-bond donors (Lipinski definition) is 1. The Balaban J connectivity index is 2.75. The molecule has 1 aromatic carbocycles. The molecule has 0 atom stereocenters. The quantitative estimate of drug-likeness (QED) is 0.798. The molecule has 0 unspecified atom stereocenters. The van der Waals surface area contributed by atoms with Crippen molar-refractivity contribution in [2.24, 2.45) is 0 Å². The van der Waals surface area contributed by atoms with Gasteiger partial charge in [0.2, 0.25) is 0 Å². The van der Waals surface area contributed by atoms with Crippen molar-refractivity contribution in [2.75, 3.05) is 6.54 Å². The van der Waals surface area contributed by atoms with Gasteiger partial charge in [-0.3, -0.25) is 4.79 Å². The maximum absolute atomic E-state index is 11.6. The Bertz CT molecular complexity index is 410. The van der Waals surface area contributed by atoms with Crippen LogP contribution in [0, 0.1) is 18.3 Å². The molecule has 4 heteroatoms. The normalized spacial score (nSPS) is 9.40. The predicted molar refractivity (Wildman–Crippen MR) is 58.8 cm³/mol. The van der Waals surface area contributed by atoms with Crippen molar-refractivity contribution >= 4 is 17.5 Å². The molecule has 78 valence electrons. The van der Waals surface area contributed by atoms with Crippen LogP contribution in [-0.4, -0.2) is 12.5 Å². The van der Waals surface area contributed by atoms with Crippen LogP contribution < -0.4 is 5.32 Å². The zero-order valence-corrected chi connectivity index (χ0v) is 9.14. The first-order valence-electron chi connectivity index (χ1n) is 4.57. The number of nitriles is 1. The van der Waals surface area contributed by atoms with Crippen molar-refractivity contribution in [3.63, 3.8) is 0 Å². The molecule has 0 bridgehead atoms. The molecule has 0 aliphatic carbocycles. The summed E-state index contributed by atoms with van der Waals surface area (Å²) < 4.78 is 0. The maximum Gasteiger partial charge on any atom is 0.251 e. The number of amides is 1. The molecule has 1 rings (SSSR count). The lowest BCUT2D eigenvalue weighted by molar-refractivity contribution is 0.0954. The van der Waals surface area contributed by atoms with Gasteiger partial charge < -0.3 is 5.32 Å². The molecule has 1 aromatic rings. The van der Waals surface area contributed by atoms with Crippen molar-refractivity contribution in [3.05, 3.63) is 34.3 Å². The fraction of sp³-hybridized carbons (Fsp3) is 0.273. The lowest BCUT2D eigenvalue weighted by atomic mass is 10.1. The molecule has 3 nitrogen and oxygen atoms in total. The van der Waals surface area contributed by atoms with E-state index in [0.29, 0.717) is 23.6 Å². The first-order valence-corrected chi connectivity index (χ1v) is 4.95. The summed E-state index contributed by atoms with van der Waals surface area (Å²) >= 11 is 5.89. The first-order chi connectivity index (χ1) is 7.16. The Morgan fingerprint density at radius 2 is 2.33 bits per heavy atom. The monoisotopic (exact) mass is 222 g/mol. The summed E-state index contributed by atoms with van der Waals surface area (Å²) in [5, 5.41) is 11.5. The highest BCUT2D eigenvalue weighted by molar-refractivity contribution is 6.31. The molecule has 0 aliphatic heterocycles. The van der Waals surface area contributed by atoms with E-state index in [1.807, 2.05) is 6.07 Å². The summed E-state index contributed by atoms with van der Waals surface area (Å²) in [7, 11) is 0. The Morgan fingerprint density at radius 1 is 1.60 bits per heavy atom. The molecule has 0 radical (unpaired) electrons. The van der Waals surface area contributed by atoms with Crippen molar-refractivity contribution in [3.8, 4) is 6.07 Å². The second kappa shape index (κ2) is 5.38. The molecule has 0 saturated carbocycles. The molecule has 0 aliphatic rings. The summed E-state index contributed by atoms with van der Waals surface area (Å²) in [4.78, 5) is 11.6. The summed E-state index contributed by atoms with van der Waals surface area (Å²) in [6.07, 6.45) is 0.311. The fourth-order valence-electron chi connectivity index (χ4n) is 1.18. The summed E-state index contributed by atoms with van der Waals surface area (Å²) in [6.45, 7) is 2.16. The van der Waals surface area contributed by atoms with Gasteiger partial charge in [-0.05, 0) is 24.6 Å². The van der Waals surface area contributed by atoms with Gasteiger partial charge in [0.15, 0.2) is 0 Å². The van der Waals surface area contributed by atoms with E-state index in [-0.39, 0.29) is 5.91 Å². The third-order valence-electron chi connectivity index (χ3n) is 2.03. The molecule has 1 amide bonds. The van der Waals surface area contributed by atoms with Crippen LogP contribution in [0.4, 0.5) is 0 Å². The van der Waals surface area contributed by atoms with E-state index in [1.54, 1.807) is 25.1 Å². The molecule has 0 fully saturated rings. The minimum atomic E-state index is -0.190. The summed E-state index contributed by atoms with van der Waals surface area (Å²) in [5.41, 5.74) is 1.31. The third-order valence-corrected chi connectivity index (χ3v) is 2.44. The minimum Gasteiger partial charge on any atom is -0.351 e. The summed E-state index contributed by atoms with van der Waals surface area (Å²) in [6, 6.07) is 7.14. The van der Waals surface area contributed by atoms with E-state index < -0.39 is 0 Å². The van der Waals surface area contributed by atoms with Crippen LogP contribution >= 0.6 is 11.6 Å². The topological polar surface area (TPSA) is 52.9 Å². The van der Waals surface area contributed by atoms with Crippen LogP contribution in [0.5, 0.6) is 0 Å². The molecule has 15 heavy (non-hydrogen) atoms. The largest absolute Gasteiger partial charge is 0.351 e. The first kappa shape index (κ1) is 11.5. The minimum absolute atomic E-state index is 0.190. The number of hydrogen-bond acceptors (Lipinski definition) is 2. The molecule has 0 heterocycles. The second-order valence-electron chi connectivity index (χ2n) is 3.08. The van der Waals surface area contributed by atoms with E-state index in [9.17, 15) is 4.79 Å². The van der Waals surface area contributed by atoms with Crippen LogP contribution in [0.3, 0.4) is 0 Å². The molecule has 0 saturated heterocycles. The number of rotatable bonds is 3. The van der Waals surface area contributed by atoms with Gasteiger partial charge >= 0.3 is 0 Å². The van der Waals surface area contributed by atoms with Crippen LogP contribution in [0.15, 0.2) is 18.2 Å². The Morgan fingerprint density at radius 3 is 3.00 bits per heavy atom. The Hall–Kier alpha value is -1.53. The van der Waals surface area contributed by atoms with E-state index in [4.69, 9.17) is 16.9 Å². The van der Waals surface area contributed by atoms with Crippen molar-refractivity contribution in [2.45, 2.75) is 13.3 Å². The molecule has 1 N–H and O–H groups in total. The molecular weight excluding hydrogens is 212 g/mol. The highest BCUT2D eigenvalue weighted by atomic mass is 35.5. The van der Waals surface area contributed by atoms with Crippen LogP contribution in [0.1, 0.15) is 22.3 Å². The highest BCUT2D eigenvalue weighted by Crippen LogP contribution is 2.18. The van der Waals surface area contributed by atoms with Gasteiger partial charge in [0, 0.05) is 17.1 Å². The SMILES string of the molecule is Cc1c(Cl)cccc1C(=O)NCCC#N. The van der Waals surface area contributed by atoms with E-state index in [2.05, 4.69) is 5.32 Å². The highest BCUT2D eigenvalue weighted by Gasteiger charge is 2.09. The average molecular weight is 223 g/mol. The van der Waals surface area contributed by atoms with Gasteiger partial charge in [0.05, 0.1) is 12.5 Å². The molecule has 0 aromatic heterocycles. The number of halogens is 1. The fourth-order valence-corrected chi connectivity index (χ4v) is 1.36. The van der Waals surface area contributed by atoms with Gasteiger partial charge in [-0.2, -0.15) is 5.26 Å². The third kappa shape index (κ3) is 2.97. The number of carbonyl (C=O) groups excluding carboxylic acids is 1. The van der Waals surface area contributed by atoms with Crippen LogP contribution in [0.2, 0.25) is 5.02 Å². The molecule has 0 spiro atoms. The maximum atomic E-state index is 11.6. The zero-order chi connectivity index (χ0) is 11.3. The van der Waals surface area contributed by atoms with Gasteiger partial charge in [-0.25, -0.2) is 0 Å². The van der Waals surface area contributed by atoms with Crippen LogP contribution in [0.25, 0.3) is 0 Å². The van der Waals surface area contributed by atoms with E-state index in [1.165, 1.54) is 0 Å². The number of nitrogens with one attached hydrogen (secondary N) is 1. The van der Waals surface area contributed by atoms with Crippen molar-refractivity contribution < 1.29 is 4.79 Å². The van der Waals surface area contributed by atoms with E-state index in [0.717, 1.165) is 5.56 Å². The van der Waals surface area contributed by atoms with E-state index >= 15 is 0 Å². The number of nitrogens with zero attached hydrogens (tertiary/aromatic N) is 1. The lowest BCUT2D eigenvalue weighted by Crippen LogP contribution is -2.24. The Kier molecular flexibility index (Phi) is 4.14. The smallest absolute Gasteiger partial charge is 0.251 e. The summed E-state index contributed by atoms with van der Waals surface area (Å²) in [5.74, 6) is -0.190. The van der Waals surface area contributed by atoms with Gasteiger partial charge in [-0.15, -0.1) is 0 Å². The van der Waals surface area contributed by atoms with Gasteiger partial charge in [0.25, 0.3) is 5.91 Å². The molecular formula is C11H11ClN2O. The predicted octanol–water partition coefficient (Wildman–Crippen LogP) is 2.29. The van der Waals surface area contributed by atoms with Gasteiger partial charge in [-0.1, -0.05) is 17.7 Å². The average Bonchev–Trinajstić information content (AvgIpc) is 2.22. The zero-order valence-electron chi connectivity index (χ0n) is 8.38.